The molecule has 1 aliphatic heterocycles. The van der Waals surface area contributed by atoms with Crippen molar-refractivity contribution in [2.45, 2.75) is 37.8 Å². The summed E-state index contributed by atoms with van der Waals surface area (Å²) in [5.74, 6) is 0.585. The third kappa shape index (κ3) is 4.63. The van der Waals surface area contributed by atoms with Crippen molar-refractivity contribution >= 4 is 29.0 Å². The number of halogens is 4. The fourth-order valence-electron chi connectivity index (χ4n) is 3.57. The van der Waals surface area contributed by atoms with E-state index in [1.54, 1.807) is 6.33 Å². The SMILES string of the molecule is O=C(Nc1cc(C(F)(F)F)ccc1Cl)[C@@H]1CCCN(c2cc(C3CC3)ncn2)C1. The van der Waals surface area contributed by atoms with E-state index < -0.39 is 11.7 Å². The molecule has 1 aromatic carbocycles. The lowest BCUT2D eigenvalue weighted by molar-refractivity contribution is -0.137. The first-order valence-corrected chi connectivity index (χ1v) is 9.93. The van der Waals surface area contributed by atoms with Crippen LogP contribution >= 0.6 is 11.6 Å². The second-order valence-corrected chi connectivity index (χ2v) is 7.95. The molecular weight excluding hydrogens is 405 g/mol. The molecule has 154 valence electrons. The first-order chi connectivity index (χ1) is 13.8. The number of benzene rings is 1. The first kappa shape index (κ1) is 19.9. The number of alkyl halides is 3. The second kappa shape index (κ2) is 7.82. The number of piperidine rings is 1. The summed E-state index contributed by atoms with van der Waals surface area (Å²) < 4.78 is 38.8. The van der Waals surface area contributed by atoms with Crippen molar-refractivity contribution in [1.82, 2.24) is 9.97 Å². The van der Waals surface area contributed by atoms with Crippen LogP contribution in [0.2, 0.25) is 5.02 Å². The van der Waals surface area contributed by atoms with Crippen molar-refractivity contribution in [3.63, 3.8) is 0 Å². The zero-order valence-corrected chi connectivity index (χ0v) is 16.3. The van der Waals surface area contributed by atoms with Gasteiger partial charge in [-0.3, -0.25) is 4.79 Å². The van der Waals surface area contributed by atoms with Gasteiger partial charge in [0.2, 0.25) is 5.91 Å². The summed E-state index contributed by atoms with van der Waals surface area (Å²) in [6.45, 7) is 1.22. The third-order valence-corrected chi connectivity index (χ3v) is 5.67. The number of hydrogen-bond acceptors (Lipinski definition) is 4. The second-order valence-electron chi connectivity index (χ2n) is 7.54. The average molecular weight is 425 g/mol. The molecule has 1 N–H and O–H groups in total. The third-order valence-electron chi connectivity index (χ3n) is 5.34. The fraction of sp³-hybridized carbons (Fsp3) is 0.450. The number of aromatic nitrogens is 2. The summed E-state index contributed by atoms with van der Waals surface area (Å²) in [5, 5.41) is 2.65. The molecule has 2 fully saturated rings. The molecule has 0 unspecified atom stereocenters. The molecule has 0 bridgehead atoms. The summed E-state index contributed by atoms with van der Waals surface area (Å²) in [7, 11) is 0. The molecule has 1 aromatic heterocycles. The summed E-state index contributed by atoms with van der Waals surface area (Å²) in [5.41, 5.74) is 0.148. The topological polar surface area (TPSA) is 58.1 Å². The van der Waals surface area contributed by atoms with E-state index in [4.69, 9.17) is 11.6 Å². The van der Waals surface area contributed by atoms with Crippen molar-refractivity contribution in [3.05, 3.63) is 46.9 Å². The minimum absolute atomic E-state index is 0.0262. The molecule has 2 aliphatic rings. The molecule has 1 atom stereocenters. The fourth-order valence-corrected chi connectivity index (χ4v) is 3.73. The van der Waals surface area contributed by atoms with Gasteiger partial charge in [-0.2, -0.15) is 13.2 Å². The van der Waals surface area contributed by atoms with Crippen LogP contribution in [0.3, 0.4) is 0 Å². The number of anilines is 2. The molecular formula is C20H20ClF3N4O. The molecule has 1 aliphatic carbocycles. The highest BCUT2D eigenvalue weighted by Gasteiger charge is 2.32. The molecule has 9 heteroatoms. The van der Waals surface area contributed by atoms with Gasteiger partial charge in [-0.25, -0.2) is 9.97 Å². The van der Waals surface area contributed by atoms with Gasteiger partial charge in [0.1, 0.15) is 12.1 Å². The molecule has 1 amide bonds. The van der Waals surface area contributed by atoms with Crippen molar-refractivity contribution in [2.24, 2.45) is 5.92 Å². The first-order valence-electron chi connectivity index (χ1n) is 9.56. The van der Waals surface area contributed by atoms with Gasteiger partial charge in [-0.15, -0.1) is 0 Å². The minimum Gasteiger partial charge on any atom is -0.356 e. The Hall–Kier alpha value is -2.35. The van der Waals surface area contributed by atoms with Gasteiger partial charge >= 0.3 is 6.18 Å². The van der Waals surface area contributed by atoms with Crippen LogP contribution in [0.4, 0.5) is 24.7 Å². The quantitative estimate of drug-likeness (QED) is 0.759. The average Bonchev–Trinajstić information content (AvgIpc) is 3.54. The number of nitrogens with one attached hydrogen (secondary N) is 1. The molecule has 0 spiro atoms. The van der Waals surface area contributed by atoms with Crippen LogP contribution in [-0.4, -0.2) is 29.0 Å². The van der Waals surface area contributed by atoms with E-state index in [1.807, 2.05) is 11.0 Å². The van der Waals surface area contributed by atoms with Gasteiger partial charge in [0.15, 0.2) is 0 Å². The van der Waals surface area contributed by atoms with Crippen LogP contribution in [0.5, 0.6) is 0 Å². The summed E-state index contributed by atoms with van der Waals surface area (Å²) >= 11 is 6.00. The zero-order valence-electron chi connectivity index (χ0n) is 15.5. The maximum absolute atomic E-state index is 12.9. The Balaban J connectivity index is 1.46. The van der Waals surface area contributed by atoms with Gasteiger partial charge in [-0.1, -0.05) is 11.6 Å². The summed E-state index contributed by atoms with van der Waals surface area (Å²) in [6, 6.07) is 4.88. The molecule has 4 rings (SSSR count). The monoisotopic (exact) mass is 424 g/mol. The van der Waals surface area contributed by atoms with Crippen LogP contribution < -0.4 is 10.2 Å². The molecule has 2 heterocycles. The van der Waals surface area contributed by atoms with E-state index in [0.29, 0.717) is 18.9 Å². The van der Waals surface area contributed by atoms with Crippen LogP contribution in [0.1, 0.15) is 42.9 Å². The van der Waals surface area contributed by atoms with Gasteiger partial charge in [0.25, 0.3) is 0 Å². The molecule has 5 nitrogen and oxygen atoms in total. The highest BCUT2D eigenvalue weighted by Crippen LogP contribution is 2.40. The lowest BCUT2D eigenvalue weighted by Gasteiger charge is -2.33. The van der Waals surface area contributed by atoms with Crippen LogP contribution in [0.25, 0.3) is 0 Å². The Morgan fingerprint density at radius 2 is 1.97 bits per heavy atom. The number of amides is 1. The van der Waals surface area contributed by atoms with Crippen molar-refractivity contribution in [3.8, 4) is 0 Å². The normalized spacial score (nSPS) is 19.9. The van der Waals surface area contributed by atoms with Crippen molar-refractivity contribution in [2.75, 3.05) is 23.3 Å². The lowest BCUT2D eigenvalue weighted by atomic mass is 9.97. The highest BCUT2D eigenvalue weighted by atomic mass is 35.5. The summed E-state index contributed by atoms with van der Waals surface area (Å²) in [4.78, 5) is 23.4. The number of hydrogen-bond donors (Lipinski definition) is 1. The zero-order chi connectivity index (χ0) is 20.6. The predicted molar refractivity (Wildman–Crippen MR) is 104 cm³/mol. The molecule has 29 heavy (non-hydrogen) atoms. The smallest absolute Gasteiger partial charge is 0.356 e. The summed E-state index contributed by atoms with van der Waals surface area (Å²) in [6.07, 6.45) is 0.766. The molecule has 2 aromatic rings. The van der Waals surface area contributed by atoms with E-state index in [-0.39, 0.29) is 22.5 Å². The Labute approximate surface area is 171 Å². The van der Waals surface area contributed by atoms with E-state index in [1.165, 1.54) is 0 Å². The number of nitrogens with zero attached hydrogens (tertiary/aromatic N) is 3. The Morgan fingerprint density at radius 3 is 2.69 bits per heavy atom. The maximum Gasteiger partial charge on any atom is 0.416 e. The number of rotatable bonds is 4. The Kier molecular flexibility index (Phi) is 5.38. The molecule has 0 radical (unpaired) electrons. The van der Waals surface area contributed by atoms with E-state index in [0.717, 1.165) is 55.5 Å². The van der Waals surface area contributed by atoms with Gasteiger partial charge in [0, 0.05) is 30.8 Å². The number of carbonyl (C=O) groups is 1. The Bertz CT molecular complexity index is 917. The molecule has 1 saturated heterocycles. The molecule has 1 saturated carbocycles. The van der Waals surface area contributed by atoms with E-state index in [2.05, 4.69) is 15.3 Å². The number of carbonyl (C=O) groups excluding carboxylic acids is 1. The van der Waals surface area contributed by atoms with Gasteiger partial charge in [0.05, 0.1) is 22.2 Å². The Morgan fingerprint density at radius 1 is 1.17 bits per heavy atom. The standard InChI is InChI=1S/C20H20ClF3N4O/c21-15-6-5-14(20(22,23)24)8-17(15)27-19(29)13-2-1-7-28(10-13)18-9-16(12-3-4-12)25-11-26-18/h5-6,8-9,11-13H,1-4,7,10H2,(H,27,29)/t13-/m1/s1. The van der Waals surface area contributed by atoms with Crippen LogP contribution in [0.15, 0.2) is 30.6 Å². The predicted octanol–water partition coefficient (Wildman–Crippen LogP) is 4.88. The van der Waals surface area contributed by atoms with E-state index >= 15 is 0 Å². The van der Waals surface area contributed by atoms with E-state index in [9.17, 15) is 18.0 Å². The lowest BCUT2D eigenvalue weighted by Crippen LogP contribution is -2.41. The van der Waals surface area contributed by atoms with Crippen molar-refractivity contribution in [1.29, 1.82) is 0 Å². The van der Waals surface area contributed by atoms with Gasteiger partial charge in [-0.05, 0) is 43.9 Å². The van der Waals surface area contributed by atoms with Crippen LogP contribution in [0, 0.1) is 5.92 Å². The largest absolute Gasteiger partial charge is 0.416 e. The maximum atomic E-state index is 12.9. The minimum atomic E-state index is -4.50. The van der Waals surface area contributed by atoms with Gasteiger partial charge < -0.3 is 10.2 Å². The van der Waals surface area contributed by atoms with Crippen molar-refractivity contribution < 1.29 is 18.0 Å². The highest BCUT2D eigenvalue weighted by molar-refractivity contribution is 6.33. The van der Waals surface area contributed by atoms with Crippen LogP contribution in [-0.2, 0) is 11.0 Å².